The van der Waals surface area contributed by atoms with E-state index in [1.165, 1.54) is 6.33 Å². The molecule has 1 aromatic carbocycles. The van der Waals surface area contributed by atoms with Crippen LogP contribution < -0.4 is 0 Å². The molecule has 0 saturated carbocycles. The summed E-state index contributed by atoms with van der Waals surface area (Å²) in [5.41, 5.74) is 1.59. The molecule has 1 radical (unpaired) electrons. The van der Waals surface area contributed by atoms with Crippen molar-refractivity contribution in [3.05, 3.63) is 47.0 Å². The predicted molar refractivity (Wildman–Crippen MR) is 56.3 cm³/mol. The van der Waals surface area contributed by atoms with Gasteiger partial charge in [-0.2, -0.15) is 0 Å². The normalized spacial score (nSPS) is 10.1. The Morgan fingerprint density at radius 3 is 2.71 bits per heavy atom. The molecular weight excluding hydrogens is 219 g/mol. The summed E-state index contributed by atoms with van der Waals surface area (Å²) in [5, 5.41) is 1.18. The van der Waals surface area contributed by atoms with Crippen molar-refractivity contribution in [3.63, 3.8) is 0 Å². The molecule has 0 amide bonds. The van der Waals surface area contributed by atoms with Crippen molar-refractivity contribution in [2.24, 2.45) is 0 Å². The quantitative estimate of drug-likeness (QED) is 0.742. The second-order valence-corrected chi connectivity index (χ2v) is 3.52. The number of rotatable bonds is 1. The molecule has 0 N–H and O–H groups in total. The summed E-state index contributed by atoms with van der Waals surface area (Å²) in [4.78, 5) is 7.69. The van der Waals surface area contributed by atoms with Crippen LogP contribution in [-0.2, 0) is 0 Å². The Morgan fingerprint density at radius 1 is 1.21 bits per heavy atom. The number of hydrogen-bond acceptors (Lipinski definition) is 2. The SMILES string of the molecule is Clc1ccc(-c2[c]ncnc2)c(Cl)c1. The molecule has 2 aromatic rings. The van der Waals surface area contributed by atoms with E-state index in [0.717, 1.165) is 11.1 Å². The minimum atomic E-state index is 0.573. The molecule has 0 aliphatic rings. The molecule has 1 heterocycles. The molecule has 0 bridgehead atoms. The molecule has 1 aromatic heterocycles. The summed E-state index contributed by atoms with van der Waals surface area (Å²) in [6.45, 7) is 0. The zero-order valence-electron chi connectivity index (χ0n) is 7.04. The Hall–Kier alpha value is -1.12. The number of aromatic nitrogens is 2. The lowest BCUT2D eigenvalue weighted by atomic mass is 10.1. The maximum atomic E-state index is 6.00. The summed E-state index contributed by atoms with van der Waals surface area (Å²) < 4.78 is 0. The smallest absolute Gasteiger partial charge is 0.116 e. The van der Waals surface area contributed by atoms with E-state index in [9.17, 15) is 0 Å². The lowest BCUT2D eigenvalue weighted by molar-refractivity contribution is 1.16. The highest BCUT2D eigenvalue weighted by Crippen LogP contribution is 2.28. The summed E-state index contributed by atoms with van der Waals surface area (Å²) in [7, 11) is 0. The van der Waals surface area contributed by atoms with Gasteiger partial charge in [-0.05, 0) is 12.1 Å². The third-order valence-electron chi connectivity index (χ3n) is 1.73. The maximum Gasteiger partial charge on any atom is 0.116 e. The Bertz CT molecular complexity index is 443. The van der Waals surface area contributed by atoms with Crippen LogP contribution in [0.1, 0.15) is 0 Å². The molecule has 2 nitrogen and oxygen atoms in total. The Labute approximate surface area is 91.5 Å². The van der Waals surface area contributed by atoms with E-state index in [4.69, 9.17) is 23.2 Å². The molecule has 0 atom stereocenters. The topological polar surface area (TPSA) is 25.8 Å². The fourth-order valence-corrected chi connectivity index (χ4v) is 1.62. The van der Waals surface area contributed by atoms with Gasteiger partial charge in [-0.25, -0.2) is 9.97 Å². The highest BCUT2D eigenvalue weighted by atomic mass is 35.5. The molecule has 0 spiro atoms. The van der Waals surface area contributed by atoms with Crippen LogP contribution in [0.3, 0.4) is 0 Å². The van der Waals surface area contributed by atoms with Crippen molar-refractivity contribution in [3.8, 4) is 11.1 Å². The van der Waals surface area contributed by atoms with Crippen LogP contribution in [0.15, 0.2) is 30.7 Å². The van der Waals surface area contributed by atoms with Crippen molar-refractivity contribution in [1.82, 2.24) is 9.97 Å². The Kier molecular flexibility index (Phi) is 2.66. The van der Waals surface area contributed by atoms with Gasteiger partial charge in [-0.3, -0.25) is 0 Å². The van der Waals surface area contributed by atoms with Crippen LogP contribution in [0, 0.1) is 6.20 Å². The molecular formula is C10H5Cl2N2. The number of benzene rings is 1. The highest BCUT2D eigenvalue weighted by Gasteiger charge is 2.04. The number of hydrogen-bond donors (Lipinski definition) is 0. The van der Waals surface area contributed by atoms with Crippen molar-refractivity contribution in [2.45, 2.75) is 0 Å². The molecule has 4 heteroatoms. The molecule has 0 aliphatic carbocycles. The molecule has 69 valence electrons. The van der Waals surface area contributed by atoms with Crippen LogP contribution in [-0.4, -0.2) is 9.97 Å². The first-order chi connectivity index (χ1) is 6.77. The Balaban J connectivity index is 2.53. The molecule has 2 rings (SSSR count). The average Bonchev–Trinajstić information content (AvgIpc) is 2.19. The van der Waals surface area contributed by atoms with Gasteiger partial charge in [0, 0.05) is 22.3 Å². The van der Waals surface area contributed by atoms with Crippen molar-refractivity contribution in [2.75, 3.05) is 0 Å². The van der Waals surface area contributed by atoms with E-state index >= 15 is 0 Å². The van der Waals surface area contributed by atoms with Gasteiger partial charge in [-0.1, -0.05) is 29.3 Å². The van der Waals surface area contributed by atoms with E-state index in [0.29, 0.717) is 10.0 Å². The molecule has 0 aliphatic heterocycles. The van der Waals surface area contributed by atoms with Crippen LogP contribution in [0.2, 0.25) is 10.0 Å². The fourth-order valence-electron chi connectivity index (χ4n) is 1.11. The summed E-state index contributed by atoms with van der Waals surface area (Å²) in [6, 6.07) is 5.27. The largest absolute Gasteiger partial charge is 0.244 e. The molecule has 0 fully saturated rings. The minimum absolute atomic E-state index is 0.573. The third-order valence-corrected chi connectivity index (χ3v) is 2.28. The summed E-state index contributed by atoms with van der Waals surface area (Å²) >= 11 is 11.8. The van der Waals surface area contributed by atoms with Gasteiger partial charge in [0.2, 0.25) is 0 Å². The predicted octanol–water partition coefficient (Wildman–Crippen LogP) is 3.25. The van der Waals surface area contributed by atoms with E-state index in [1.54, 1.807) is 18.3 Å². The van der Waals surface area contributed by atoms with Crippen LogP contribution in [0.4, 0.5) is 0 Å². The Morgan fingerprint density at radius 2 is 2.07 bits per heavy atom. The van der Waals surface area contributed by atoms with E-state index in [-0.39, 0.29) is 0 Å². The lowest BCUT2D eigenvalue weighted by Gasteiger charge is -2.02. The van der Waals surface area contributed by atoms with Crippen molar-refractivity contribution >= 4 is 23.2 Å². The van der Waals surface area contributed by atoms with Crippen LogP contribution >= 0.6 is 23.2 Å². The van der Waals surface area contributed by atoms with E-state index in [1.807, 2.05) is 6.07 Å². The minimum Gasteiger partial charge on any atom is -0.244 e. The first kappa shape index (κ1) is 9.44. The van der Waals surface area contributed by atoms with Gasteiger partial charge >= 0.3 is 0 Å². The van der Waals surface area contributed by atoms with Gasteiger partial charge < -0.3 is 0 Å². The van der Waals surface area contributed by atoms with E-state index < -0.39 is 0 Å². The number of halogens is 2. The fraction of sp³-hybridized carbons (Fsp3) is 0. The van der Waals surface area contributed by atoms with Gasteiger partial charge in [0.1, 0.15) is 12.5 Å². The van der Waals surface area contributed by atoms with Gasteiger partial charge in [0.25, 0.3) is 0 Å². The highest BCUT2D eigenvalue weighted by molar-refractivity contribution is 6.36. The summed E-state index contributed by atoms with van der Waals surface area (Å²) in [6.07, 6.45) is 5.88. The summed E-state index contributed by atoms with van der Waals surface area (Å²) in [5.74, 6) is 0. The van der Waals surface area contributed by atoms with Gasteiger partial charge in [0.05, 0.1) is 5.02 Å². The lowest BCUT2D eigenvalue weighted by Crippen LogP contribution is -1.83. The molecule has 0 unspecified atom stereocenters. The monoisotopic (exact) mass is 223 g/mol. The van der Waals surface area contributed by atoms with Crippen molar-refractivity contribution < 1.29 is 0 Å². The van der Waals surface area contributed by atoms with Crippen LogP contribution in [0.25, 0.3) is 11.1 Å². The van der Waals surface area contributed by atoms with Crippen LogP contribution in [0.5, 0.6) is 0 Å². The van der Waals surface area contributed by atoms with Gasteiger partial charge in [-0.15, -0.1) is 0 Å². The molecule has 14 heavy (non-hydrogen) atoms. The third kappa shape index (κ3) is 1.86. The van der Waals surface area contributed by atoms with Crippen molar-refractivity contribution in [1.29, 1.82) is 0 Å². The molecule has 0 saturated heterocycles. The average molecular weight is 224 g/mol. The number of nitrogens with zero attached hydrogens (tertiary/aromatic N) is 2. The van der Waals surface area contributed by atoms with Gasteiger partial charge in [0.15, 0.2) is 0 Å². The zero-order chi connectivity index (χ0) is 9.97. The standard InChI is InChI=1S/C10H5Cl2N2/c11-8-1-2-9(10(12)3-8)7-4-13-6-14-5-7/h1-4,6H. The van der Waals surface area contributed by atoms with E-state index in [2.05, 4.69) is 16.2 Å². The second-order valence-electron chi connectivity index (χ2n) is 2.67. The maximum absolute atomic E-state index is 6.00. The first-order valence-corrected chi connectivity index (χ1v) is 4.66. The first-order valence-electron chi connectivity index (χ1n) is 3.90. The second kappa shape index (κ2) is 3.95. The zero-order valence-corrected chi connectivity index (χ0v) is 8.55.